The Labute approximate surface area is 133 Å². The normalized spacial score (nSPS) is 17.8. The van der Waals surface area contributed by atoms with Gasteiger partial charge in [-0.15, -0.1) is 0 Å². The lowest BCUT2D eigenvalue weighted by molar-refractivity contribution is 0.0766. The van der Waals surface area contributed by atoms with Gasteiger partial charge in [-0.25, -0.2) is 9.50 Å². The molecule has 116 valence electrons. The van der Waals surface area contributed by atoms with Crippen LogP contribution in [0.1, 0.15) is 16.8 Å². The number of hydrogen-bond donors (Lipinski definition) is 1. The van der Waals surface area contributed by atoms with Crippen LogP contribution in [0.25, 0.3) is 16.9 Å². The predicted octanol–water partition coefficient (Wildman–Crippen LogP) is 1.60. The fourth-order valence-electron chi connectivity index (χ4n) is 2.97. The third-order valence-electron chi connectivity index (χ3n) is 4.15. The van der Waals surface area contributed by atoms with Crippen LogP contribution in [0.15, 0.2) is 48.8 Å². The molecule has 2 aromatic heterocycles. The molecule has 0 saturated carbocycles. The summed E-state index contributed by atoms with van der Waals surface area (Å²) in [6.45, 7) is 0.935. The zero-order valence-electron chi connectivity index (χ0n) is 12.5. The molecular weight excluding hydrogens is 292 g/mol. The third-order valence-corrected chi connectivity index (χ3v) is 4.15. The molecule has 0 unspecified atom stereocenters. The summed E-state index contributed by atoms with van der Waals surface area (Å²) in [6.07, 6.45) is 3.43. The first-order valence-electron chi connectivity index (χ1n) is 7.59. The van der Waals surface area contributed by atoms with Gasteiger partial charge in [0.15, 0.2) is 5.65 Å². The van der Waals surface area contributed by atoms with Crippen molar-refractivity contribution in [2.45, 2.75) is 12.5 Å². The molecule has 1 atom stereocenters. The number of benzene rings is 1. The molecule has 1 fully saturated rings. The number of hydrogen-bond acceptors (Lipinski definition) is 4. The van der Waals surface area contributed by atoms with Gasteiger partial charge in [-0.1, -0.05) is 30.3 Å². The Morgan fingerprint density at radius 3 is 2.78 bits per heavy atom. The van der Waals surface area contributed by atoms with E-state index < -0.39 is 6.10 Å². The van der Waals surface area contributed by atoms with Gasteiger partial charge in [0.25, 0.3) is 5.91 Å². The fourth-order valence-corrected chi connectivity index (χ4v) is 2.97. The Balaban J connectivity index is 1.77. The molecule has 1 aliphatic rings. The zero-order chi connectivity index (χ0) is 15.8. The van der Waals surface area contributed by atoms with Gasteiger partial charge < -0.3 is 10.0 Å². The summed E-state index contributed by atoms with van der Waals surface area (Å²) in [5, 5.41) is 14.0. The van der Waals surface area contributed by atoms with Crippen LogP contribution in [-0.2, 0) is 0 Å². The number of nitrogens with zero attached hydrogens (tertiary/aromatic N) is 4. The number of rotatable bonds is 2. The fraction of sp³-hybridized carbons (Fsp3) is 0.235. The van der Waals surface area contributed by atoms with Crippen LogP contribution in [0.5, 0.6) is 0 Å². The molecule has 6 nitrogen and oxygen atoms in total. The Morgan fingerprint density at radius 2 is 2.04 bits per heavy atom. The Hall–Kier alpha value is -2.73. The van der Waals surface area contributed by atoms with Crippen molar-refractivity contribution in [1.29, 1.82) is 0 Å². The minimum atomic E-state index is -0.436. The van der Waals surface area contributed by atoms with E-state index in [1.54, 1.807) is 21.8 Å². The van der Waals surface area contributed by atoms with Gasteiger partial charge in [0.05, 0.1) is 18.0 Å². The van der Waals surface area contributed by atoms with Gasteiger partial charge in [0, 0.05) is 24.8 Å². The summed E-state index contributed by atoms with van der Waals surface area (Å²) >= 11 is 0. The zero-order valence-corrected chi connectivity index (χ0v) is 12.5. The van der Waals surface area contributed by atoms with E-state index in [0.29, 0.717) is 30.7 Å². The Morgan fingerprint density at radius 1 is 1.22 bits per heavy atom. The van der Waals surface area contributed by atoms with Crippen LogP contribution in [0, 0.1) is 0 Å². The number of fused-ring (bicyclic) bond motifs is 1. The maximum atomic E-state index is 12.6. The highest BCUT2D eigenvalue weighted by atomic mass is 16.3. The van der Waals surface area contributed by atoms with E-state index in [2.05, 4.69) is 10.1 Å². The predicted molar refractivity (Wildman–Crippen MR) is 85.0 cm³/mol. The Kier molecular flexibility index (Phi) is 3.31. The molecule has 4 rings (SSSR count). The van der Waals surface area contributed by atoms with Gasteiger partial charge in [-0.05, 0) is 12.5 Å². The number of aromatic nitrogens is 3. The maximum absolute atomic E-state index is 12.6. The van der Waals surface area contributed by atoms with E-state index in [9.17, 15) is 9.90 Å². The van der Waals surface area contributed by atoms with E-state index in [1.165, 1.54) is 0 Å². The van der Waals surface area contributed by atoms with E-state index >= 15 is 0 Å². The highest BCUT2D eigenvalue weighted by Crippen LogP contribution is 2.22. The van der Waals surface area contributed by atoms with Crippen molar-refractivity contribution in [3.05, 3.63) is 54.4 Å². The molecule has 1 aromatic carbocycles. The largest absolute Gasteiger partial charge is 0.391 e. The molecule has 0 aliphatic carbocycles. The smallest absolute Gasteiger partial charge is 0.259 e. The first-order chi connectivity index (χ1) is 11.2. The number of likely N-dealkylation sites (tertiary alicyclic amines) is 1. The second-order valence-corrected chi connectivity index (χ2v) is 5.68. The average molecular weight is 308 g/mol. The molecule has 0 radical (unpaired) electrons. The van der Waals surface area contributed by atoms with E-state index in [0.717, 1.165) is 11.3 Å². The summed E-state index contributed by atoms with van der Waals surface area (Å²) in [6, 6.07) is 11.7. The Bertz CT molecular complexity index is 859. The highest BCUT2D eigenvalue weighted by molar-refractivity contribution is 6.00. The van der Waals surface area contributed by atoms with E-state index in [4.69, 9.17) is 0 Å². The number of carbonyl (C=O) groups excluding carboxylic acids is 1. The van der Waals surface area contributed by atoms with Crippen LogP contribution < -0.4 is 0 Å². The van der Waals surface area contributed by atoms with Crippen molar-refractivity contribution in [2.24, 2.45) is 0 Å². The van der Waals surface area contributed by atoms with Crippen LogP contribution in [0.3, 0.4) is 0 Å². The molecule has 23 heavy (non-hydrogen) atoms. The SMILES string of the molecule is O=C(c1cnn2c(-c3ccccc3)ccnc12)N1CC[C@H](O)C1. The monoisotopic (exact) mass is 308 g/mol. The molecule has 0 spiro atoms. The quantitative estimate of drug-likeness (QED) is 0.780. The second-order valence-electron chi connectivity index (χ2n) is 5.68. The van der Waals surface area contributed by atoms with E-state index in [1.807, 2.05) is 36.4 Å². The van der Waals surface area contributed by atoms with Crippen molar-refractivity contribution < 1.29 is 9.90 Å². The first-order valence-corrected chi connectivity index (χ1v) is 7.59. The molecule has 3 heterocycles. The number of aliphatic hydroxyl groups excluding tert-OH is 1. The third kappa shape index (κ3) is 2.37. The average Bonchev–Trinajstić information content (AvgIpc) is 3.21. The maximum Gasteiger partial charge on any atom is 0.259 e. The molecule has 0 bridgehead atoms. The number of β-amino-alcohol motifs (C(OH)–C–C–N with tert-alkyl or cyclic N) is 1. The van der Waals surface area contributed by atoms with Crippen LogP contribution in [0.2, 0.25) is 0 Å². The van der Waals surface area contributed by atoms with Crippen LogP contribution >= 0.6 is 0 Å². The lowest BCUT2D eigenvalue weighted by Gasteiger charge is -2.14. The molecule has 1 N–H and O–H groups in total. The van der Waals surface area contributed by atoms with Crippen LogP contribution in [0.4, 0.5) is 0 Å². The molecule has 3 aromatic rings. The molecule has 6 heteroatoms. The minimum Gasteiger partial charge on any atom is -0.391 e. The van der Waals surface area contributed by atoms with Crippen molar-refractivity contribution in [1.82, 2.24) is 19.5 Å². The first kappa shape index (κ1) is 13.9. The summed E-state index contributed by atoms with van der Waals surface area (Å²) in [5.74, 6) is -0.130. The van der Waals surface area contributed by atoms with Crippen molar-refractivity contribution in [2.75, 3.05) is 13.1 Å². The van der Waals surface area contributed by atoms with Gasteiger partial charge in [-0.3, -0.25) is 4.79 Å². The molecule has 1 saturated heterocycles. The summed E-state index contributed by atoms with van der Waals surface area (Å²) in [7, 11) is 0. The summed E-state index contributed by atoms with van der Waals surface area (Å²) < 4.78 is 1.69. The second kappa shape index (κ2) is 5.48. The van der Waals surface area contributed by atoms with E-state index in [-0.39, 0.29) is 5.91 Å². The van der Waals surface area contributed by atoms with Gasteiger partial charge >= 0.3 is 0 Å². The van der Waals surface area contributed by atoms with Crippen molar-refractivity contribution in [3.63, 3.8) is 0 Å². The van der Waals surface area contributed by atoms with Gasteiger partial charge in [0.1, 0.15) is 5.56 Å². The van der Waals surface area contributed by atoms with Crippen LogP contribution in [-0.4, -0.2) is 49.7 Å². The number of amides is 1. The van der Waals surface area contributed by atoms with Gasteiger partial charge in [-0.2, -0.15) is 5.10 Å². The lowest BCUT2D eigenvalue weighted by atomic mass is 10.1. The molecule has 1 amide bonds. The number of aliphatic hydroxyl groups is 1. The molecule has 1 aliphatic heterocycles. The van der Waals surface area contributed by atoms with Crippen molar-refractivity contribution >= 4 is 11.6 Å². The summed E-state index contributed by atoms with van der Waals surface area (Å²) in [4.78, 5) is 18.6. The summed E-state index contributed by atoms with van der Waals surface area (Å²) in [5.41, 5.74) is 2.91. The standard InChI is InChI=1S/C17H16N4O2/c22-13-7-9-20(11-13)17(23)14-10-19-21-15(6-8-18-16(14)21)12-4-2-1-3-5-12/h1-6,8,10,13,22H,7,9,11H2/t13-/m0/s1. The molecular formula is C17H16N4O2. The number of carbonyl (C=O) groups is 1. The topological polar surface area (TPSA) is 70.7 Å². The lowest BCUT2D eigenvalue weighted by Crippen LogP contribution is -2.29. The highest BCUT2D eigenvalue weighted by Gasteiger charge is 2.28. The van der Waals surface area contributed by atoms with Crippen molar-refractivity contribution in [3.8, 4) is 11.3 Å². The van der Waals surface area contributed by atoms with Gasteiger partial charge in [0.2, 0.25) is 0 Å². The minimum absolute atomic E-state index is 0.130.